The van der Waals surface area contributed by atoms with Crippen molar-refractivity contribution in [2.45, 2.75) is 70.9 Å². The Morgan fingerprint density at radius 2 is 2.10 bits per heavy atom. The van der Waals surface area contributed by atoms with E-state index in [9.17, 15) is 0 Å². The van der Waals surface area contributed by atoms with Gasteiger partial charge in [-0.2, -0.15) is 0 Å². The third kappa shape index (κ3) is 3.17. The maximum absolute atomic E-state index is 5.07. The molecule has 0 spiro atoms. The molecule has 21 heavy (non-hydrogen) atoms. The second kappa shape index (κ2) is 6.35. The van der Waals surface area contributed by atoms with E-state index < -0.39 is 0 Å². The molecule has 1 fully saturated rings. The van der Waals surface area contributed by atoms with Crippen LogP contribution in [0, 0.1) is 0 Å². The lowest BCUT2D eigenvalue weighted by molar-refractivity contribution is 0.250. The molecule has 0 radical (unpaired) electrons. The van der Waals surface area contributed by atoms with Crippen molar-refractivity contribution < 1.29 is 0 Å². The fraction of sp³-hybridized carbons (Fsp3) is 0.824. The zero-order chi connectivity index (χ0) is 14.9. The van der Waals surface area contributed by atoms with Crippen LogP contribution >= 0.6 is 11.3 Å². The predicted molar refractivity (Wildman–Crippen MR) is 90.1 cm³/mol. The van der Waals surface area contributed by atoms with Crippen molar-refractivity contribution in [3.8, 4) is 0 Å². The number of fused-ring (bicyclic) bond motifs is 1. The molecule has 3 nitrogen and oxygen atoms in total. The molecule has 3 rings (SSSR count). The van der Waals surface area contributed by atoms with Gasteiger partial charge in [0.25, 0.3) is 0 Å². The van der Waals surface area contributed by atoms with Crippen molar-refractivity contribution in [2.24, 2.45) is 0 Å². The first-order valence-corrected chi connectivity index (χ1v) is 9.44. The summed E-state index contributed by atoms with van der Waals surface area (Å²) in [5, 5.41) is 5.28. The Labute approximate surface area is 133 Å². The monoisotopic (exact) mass is 307 g/mol. The van der Waals surface area contributed by atoms with Gasteiger partial charge < -0.3 is 10.2 Å². The molecular weight excluding hydrogens is 278 g/mol. The number of hydrogen-bond acceptors (Lipinski definition) is 4. The average molecular weight is 308 g/mol. The van der Waals surface area contributed by atoms with Crippen LogP contribution in [0.2, 0.25) is 0 Å². The first-order chi connectivity index (χ1) is 10.1. The maximum atomic E-state index is 5.07. The molecule has 1 aliphatic heterocycles. The molecular formula is C17H29N3S. The third-order valence-electron chi connectivity index (χ3n) is 4.95. The summed E-state index contributed by atoms with van der Waals surface area (Å²) in [5.41, 5.74) is 1.52. The fourth-order valence-corrected chi connectivity index (χ4v) is 5.23. The van der Waals surface area contributed by atoms with Crippen molar-refractivity contribution in [2.75, 3.05) is 19.6 Å². The molecule has 4 heteroatoms. The van der Waals surface area contributed by atoms with Gasteiger partial charge in [0.05, 0.1) is 11.2 Å². The van der Waals surface area contributed by atoms with Crippen LogP contribution in [0.5, 0.6) is 0 Å². The molecule has 118 valence electrons. The summed E-state index contributed by atoms with van der Waals surface area (Å²) < 4.78 is 0. The quantitative estimate of drug-likeness (QED) is 0.925. The van der Waals surface area contributed by atoms with Gasteiger partial charge >= 0.3 is 0 Å². The number of hydrogen-bond donors (Lipinski definition) is 1. The van der Waals surface area contributed by atoms with Gasteiger partial charge in [-0.3, -0.25) is 0 Å². The van der Waals surface area contributed by atoms with Gasteiger partial charge in [-0.25, -0.2) is 4.98 Å². The molecule has 1 aliphatic carbocycles. The Morgan fingerprint density at radius 3 is 2.81 bits per heavy atom. The van der Waals surface area contributed by atoms with Crippen molar-refractivity contribution in [3.63, 3.8) is 0 Å². The summed E-state index contributed by atoms with van der Waals surface area (Å²) in [7, 11) is 0. The van der Waals surface area contributed by atoms with Crippen molar-refractivity contribution in [3.05, 3.63) is 15.6 Å². The van der Waals surface area contributed by atoms with E-state index in [-0.39, 0.29) is 5.54 Å². The minimum Gasteiger partial charge on any atom is -0.304 e. The highest BCUT2D eigenvalue weighted by atomic mass is 32.1. The van der Waals surface area contributed by atoms with E-state index in [4.69, 9.17) is 4.98 Å². The summed E-state index contributed by atoms with van der Waals surface area (Å²) >= 11 is 2.00. The first kappa shape index (κ1) is 15.4. The molecule has 1 unspecified atom stereocenters. The van der Waals surface area contributed by atoms with E-state index in [1.807, 2.05) is 11.3 Å². The lowest BCUT2D eigenvalue weighted by Gasteiger charge is -2.34. The van der Waals surface area contributed by atoms with E-state index in [0.717, 1.165) is 0 Å². The molecule has 2 heterocycles. The Bertz CT molecular complexity index is 461. The highest BCUT2D eigenvalue weighted by Crippen LogP contribution is 2.39. The van der Waals surface area contributed by atoms with Crippen LogP contribution in [0.15, 0.2) is 0 Å². The topological polar surface area (TPSA) is 28.2 Å². The van der Waals surface area contributed by atoms with Crippen molar-refractivity contribution in [1.29, 1.82) is 0 Å². The van der Waals surface area contributed by atoms with Gasteiger partial charge in [-0.15, -0.1) is 11.3 Å². The van der Waals surface area contributed by atoms with Gasteiger partial charge in [-0.05, 0) is 65.5 Å². The van der Waals surface area contributed by atoms with Gasteiger partial charge in [-0.1, -0.05) is 6.92 Å². The summed E-state index contributed by atoms with van der Waals surface area (Å²) in [6.07, 6.45) is 7.47. The van der Waals surface area contributed by atoms with E-state index in [0.29, 0.717) is 6.04 Å². The summed E-state index contributed by atoms with van der Waals surface area (Å²) in [4.78, 5) is 9.22. The molecule has 2 aliphatic rings. The van der Waals surface area contributed by atoms with Crippen LogP contribution in [0.3, 0.4) is 0 Å². The first-order valence-electron chi connectivity index (χ1n) is 8.62. The van der Waals surface area contributed by atoms with E-state index in [1.165, 1.54) is 68.9 Å². The van der Waals surface area contributed by atoms with Gasteiger partial charge in [0, 0.05) is 17.5 Å². The number of aryl methyl sites for hydroxylation is 2. The Hall–Kier alpha value is -0.450. The second-order valence-corrected chi connectivity index (χ2v) is 8.00. The molecule has 0 bridgehead atoms. The van der Waals surface area contributed by atoms with Crippen LogP contribution < -0.4 is 5.32 Å². The van der Waals surface area contributed by atoms with Crippen LogP contribution in [-0.4, -0.2) is 35.6 Å². The molecule has 1 saturated heterocycles. The van der Waals surface area contributed by atoms with Crippen LogP contribution in [-0.2, 0) is 18.4 Å². The molecule has 1 atom stereocenters. The fourth-order valence-electron chi connectivity index (χ4n) is 3.87. The lowest BCUT2D eigenvalue weighted by Crippen LogP contribution is -2.46. The zero-order valence-corrected chi connectivity index (χ0v) is 14.6. The van der Waals surface area contributed by atoms with Gasteiger partial charge in [0.2, 0.25) is 0 Å². The number of thiazole rings is 1. The smallest absolute Gasteiger partial charge is 0.113 e. The molecule has 0 saturated carbocycles. The highest BCUT2D eigenvalue weighted by Gasteiger charge is 2.38. The van der Waals surface area contributed by atoms with E-state index >= 15 is 0 Å². The summed E-state index contributed by atoms with van der Waals surface area (Å²) in [6, 6.07) is 0.511. The summed E-state index contributed by atoms with van der Waals surface area (Å²) in [5.74, 6) is 0. The Kier molecular flexibility index (Phi) is 4.67. The maximum Gasteiger partial charge on any atom is 0.113 e. The van der Waals surface area contributed by atoms with E-state index in [1.54, 1.807) is 4.88 Å². The Balaban J connectivity index is 1.88. The minimum absolute atomic E-state index is 0.118. The number of nitrogens with one attached hydrogen (secondary N) is 1. The van der Waals surface area contributed by atoms with Gasteiger partial charge in [0.1, 0.15) is 5.01 Å². The standard InChI is InChI=1S/C17H29N3S/c1-4-20-11-6-9-17(10-12-20,19-13(2)3)16-18-14-7-5-8-15(14)21-16/h13,19H,4-12H2,1-3H3. The lowest BCUT2D eigenvalue weighted by atomic mass is 9.90. The number of nitrogens with zero attached hydrogens (tertiary/aromatic N) is 2. The summed E-state index contributed by atoms with van der Waals surface area (Å²) in [6.45, 7) is 10.4. The second-order valence-electron chi connectivity index (χ2n) is 6.91. The van der Waals surface area contributed by atoms with Crippen LogP contribution in [0.1, 0.15) is 62.0 Å². The SMILES string of the molecule is CCN1CCCC(NC(C)C)(c2nc3c(s2)CCC3)CC1. The molecule has 1 aromatic rings. The molecule has 0 amide bonds. The number of rotatable bonds is 4. The molecule has 0 aromatic carbocycles. The molecule has 1 aromatic heterocycles. The average Bonchev–Trinajstić information content (AvgIpc) is 2.97. The van der Waals surface area contributed by atoms with Gasteiger partial charge in [0.15, 0.2) is 0 Å². The van der Waals surface area contributed by atoms with Crippen molar-refractivity contribution in [1.82, 2.24) is 15.2 Å². The van der Waals surface area contributed by atoms with E-state index in [2.05, 4.69) is 31.0 Å². The number of likely N-dealkylation sites (tertiary alicyclic amines) is 1. The zero-order valence-electron chi connectivity index (χ0n) is 13.7. The Morgan fingerprint density at radius 1 is 1.24 bits per heavy atom. The highest BCUT2D eigenvalue weighted by molar-refractivity contribution is 7.12. The molecule has 1 N–H and O–H groups in total. The minimum atomic E-state index is 0.118. The predicted octanol–water partition coefficient (Wildman–Crippen LogP) is 3.33. The van der Waals surface area contributed by atoms with Crippen molar-refractivity contribution >= 4 is 11.3 Å². The van der Waals surface area contributed by atoms with Crippen LogP contribution in [0.25, 0.3) is 0 Å². The normalized spacial score (nSPS) is 27.0. The number of aromatic nitrogens is 1. The third-order valence-corrected chi connectivity index (χ3v) is 6.31. The van der Waals surface area contributed by atoms with Crippen LogP contribution in [0.4, 0.5) is 0 Å². The largest absolute Gasteiger partial charge is 0.304 e.